The maximum Gasteiger partial charge on any atom is 0.251 e. The van der Waals surface area contributed by atoms with Crippen LogP contribution in [0.5, 0.6) is 0 Å². The number of benzene rings is 2. The van der Waals surface area contributed by atoms with Crippen molar-refractivity contribution in [2.45, 2.75) is 30.8 Å². The summed E-state index contributed by atoms with van der Waals surface area (Å²) >= 11 is 1.50. The molecule has 0 aliphatic carbocycles. The molecule has 2 amide bonds. The van der Waals surface area contributed by atoms with Crippen LogP contribution < -0.4 is 10.6 Å². The first kappa shape index (κ1) is 18.1. The van der Waals surface area contributed by atoms with Crippen molar-refractivity contribution in [2.75, 3.05) is 24.2 Å². The molecule has 0 saturated carbocycles. The van der Waals surface area contributed by atoms with Gasteiger partial charge in [0, 0.05) is 23.5 Å². The Bertz CT molecular complexity index is 862. The van der Waals surface area contributed by atoms with Crippen LogP contribution in [0.25, 0.3) is 0 Å². The van der Waals surface area contributed by atoms with Crippen LogP contribution in [0, 0.1) is 0 Å². The molecule has 0 unspecified atom stereocenters. The molecule has 2 heterocycles. The van der Waals surface area contributed by atoms with Gasteiger partial charge in [-0.05, 0) is 55.3 Å². The molecule has 2 aromatic carbocycles. The first-order valence-electron chi connectivity index (χ1n) is 9.33. The van der Waals surface area contributed by atoms with Crippen molar-refractivity contribution in [2.24, 2.45) is 0 Å². The summed E-state index contributed by atoms with van der Waals surface area (Å²) in [6.45, 7) is 3.74. The zero-order valence-corrected chi connectivity index (χ0v) is 16.0. The fourth-order valence-electron chi connectivity index (χ4n) is 3.57. The van der Waals surface area contributed by atoms with E-state index >= 15 is 0 Å². The number of nitrogens with one attached hydrogen (secondary N) is 2. The van der Waals surface area contributed by atoms with E-state index in [4.69, 9.17) is 0 Å². The number of nitrogens with zero attached hydrogens (tertiary/aromatic N) is 1. The molecular formula is C21H23N3O2S. The van der Waals surface area contributed by atoms with Gasteiger partial charge in [0.2, 0.25) is 5.91 Å². The number of hydrogen-bond donors (Lipinski definition) is 2. The molecule has 2 N–H and O–H groups in total. The van der Waals surface area contributed by atoms with E-state index in [-0.39, 0.29) is 11.8 Å². The van der Waals surface area contributed by atoms with Crippen LogP contribution in [0.2, 0.25) is 0 Å². The number of carbonyl (C=O) groups is 2. The van der Waals surface area contributed by atoms with Gasteiger partial charge in [0.1, 0.15) is 0 Å². The lowest BCUT2D eigenvalue weighted by atomic mass is 10.1. The van der Waals surface area contributed by atoms with Crippen molar-refractivity contribution in [3.05, 3.63) is 59.2 Å². The minimum Gasteiger partial charge on any atom is -0.348 e. The summed E-state index contributed by atoms with van der Waals surface area (Å²) in [5.74, 6) is 0.270. The first-order valence-corrected chi connectivity index (χ1v) is 10.3. The molecule has 140 valence electrons. The van der Waals surface area contributed by atoms with Crippen molar-refractivity contribution in [1.29, 1.82) is 0 Å². The van der Waals surface area contributed by atoms with Gasteiger partial charge in [0.25, 0.3) is 5.91 Å². The summed E-state index contributed by atoms with van der Waals surface area (Å²) in [7, 11) is 0. The molecule has 0 bridgehead atoms. The van der Waals surface area contributed by atoms with Gasteiger partial charge >= 0.3 is 0 Å². The third-order valence-corrected chi connectivity index (χ3v) is 6.10. The Kier molecular flexibility index (Phi) is 5.45. The van der Waals surface area contributed by atoms with Crippen LogP contribution in [0.4, 0.5) is 5.69 Å². The van der Waals surface area contributed by atoms with Crippen molar-refractivity contribution in [3.63, 3.8) is 0 Å². The molecule has 5 nitrogen and oxygen atoms in total. The second-order valence-electron chi connectivity index (χ2n) is 6.98. The van der Waals surface area contributed by atoms with E-state index in [0.29, 0.717) is 17.9 Å². The normalized spacial score (nSPS) is 16.7. The van der Waals surface area contributed by atoms with Gasteiger partial charge in [-0.2, -0.15) is 0 Å². The molecule has 1 fully saturated rings. The maximum absolute atomic E-state index is 12.6. The van der Waals surface area contributed by atoms with Gasteiger partial charge in [0.15, 0.2) is 0 Å². The maximum atomic E-state index is 12.6. The largest absolute Gasteiger partial charge is 0.348 e. The van der Waals surface area contributed by atoms with E-state index in [1.807, 2.05) is 18.2 Å². The molecule has 6 heteroatoms. The van der Waals surface area contributed by atoms with Crippen LogP contribution in [-0.2, 0) is 17.9 Å². The lowest BCUT2D eigenvalue weighted by Gasteiger charge is -2.18. The summed E-state index contributed by atoms with van der Waals surface area (Å²) < 4.78 is 0. The third kappa shape index (κ3) is 4.34. The highest BCUT2D eigenvalue weighted by Crippen LogP contribution is 2.32. The molecule has 2 aliphatic heterocycles. The number of fused-ring (bicyclic) bond motifs is 1. The van der Waals surface area contributed by atoms with Crippen LogP contribution in [0.15, 0.2) is 47.4 Å². The third-order valence-electron chi connectivity index (χ3n) is 5.03. The van der Waals surface area contributed by atoms with Crippen molar-refractivity contribution < 1.29 is 9.59 Å². The molecule has 1 saturated heterocycles. The molecule has 0 aromatic heterocycles. The molecule has 4 rings (SSSR count). The molecular weight excluding hydrogens is 358 g/mol. The Hall–Kier alpha value is -2.31. The predicted octanol–water partition coefficient (Wildman–Crippen LogP) is 3.26. The highest BCUT2D eigenvalue weighted by molar-refractivity contribution is 8.00. The van der Waals surface area contributed by atoms with E-state index < -0.39 is 0 Å². The van der Waals surface area contributed by atoms with Crippen molar-refractivity contribution >= 4 is 29.3 Å². The number of thioether (sulfide) groups is 1. The average molecular weight is 382 g/mol. The van der Waals surface area contributed by atoms with E-state index in [1.54, 1.807) is 6.07 Å². The number of likely N-dealkylation sites (tertiary alicyclic amines) is 1. The topological polar surface area (TPSA) is 61.4 Å². The lowest BCUT2D eigenvalue weighted by Crippen LogP contribution is -2.25. The summed E-state index contributed by atoms with van der Waals surface area (Å²) in [4.78, 5) is 27.6. The fourth-order valence-corrected chi connectivity index (χ4v) is 4.36. The summed E-state index contributed by atoms with van der Waals surface area (Å²) in [6.07, 6.45) is 2.54. The molecule has 27 heavy (non-hydrogen) atoms. The predicted molar refractivity (Wildman–Crippen MR) is 108 cm³/mol. The number of hydrogen-bond acceptors (Lipinski definition) is 4. The summed E-state index contributed by atoms with van der Waals surface area (Å²) in [5.41, 5.74) is 3.71. The SMILES string of the molecule is O=C1CSc2ccc(C(=O)NCc3ccccc3CN3CCCC3)cc2N1. The smallest absolute Gasteiger partial charge is 0.251 e. The number of anilines is 1. The summed E-state index contributed by atoms with van der Waals surface area (Å²) in [6, 6.07) is 13.8. The fraction of sp³-hybridized carbons (Fsp3) is 0.333. The zero-order chi connectivity index (χ0) is 18.6. The molecule has 0 radical (unpaired) electrons. The quantitative estimate of drug-likeness (QED) is 0.835. The summed E-state index contributed by atoms with van der Waals surface area (Å²) in [5, 5.41) is 5.85. The minimum absolute atomic E-state index is 0.0269. The first-order chi connectivity index (χ1) is 13.2. The number of rotatable bonds is 5. The Morgan fingerprint density at radius 3 is 2.70 bits per heavy atom. The van der Waals surface area contributed by atoms with Gasteiger partial charge < -0.3 is 10.6 Å². The van der Waals surface area contributed by atoms with Gasteiger partial charge in [-0.15, -0.1) is 11.8 Å². The number of carbonyl (C=O) groups excluding carboxylic acids is 2. The van der Waals surface area contributed by atoms with Crippen LogP contribution >= 0.6 is 11.8 Å². The van der Waals surface area contributed by atoms with E-state index in [9.17, 15) is 9.59 Å². The van der Waals surface area contributed by atoms with Crippen molar-refractivity contribution in [1.82, 2.24) is 10.2 Å². The van der Waals surface area contributed by atoms with Gasteiger partial charge in [-0.25, -0.2) is 0 Å². The Morgan fingerprint density at radius 1 is 1.11 bits per heavy atom. The molecule has 2 aromatic rings. The Labute approximate surface area is 163 Å². The Balaban J connectivity index is 1.42. The van der Waals surface area contributed by atoms with Gasteiger partial charge in [-0.1, -0.05) is 24.3 Å². The Morgan fingerprint density at radius 2 is 1.89 bits per heavy atom. The lowest BCUT2D eigenvalue weighted by molar-refractivity contribution is -0.113. The monoisotopic (exact) mass is 381 g/mol. The highest BCUT2D eigenvalue weighted by atomic mass is 32.2. The molecule has 0 atom stereocenters. The van der Waals surface area contributed by atoms with Crippen LogP contribution in [0.1, 0.15) is 34.3 Å². The number of amides is 2. The van der Waals surface area contributed by atoms with Gasteiger partial charge in [-0.3, -0.25) is 14.5 Å². The molecule has 0 spiro atoms. The second kappa shape index (κ2) is 8.15. The van der Waals surface area contributed by atoms with E-state index in [2.05, 4.69) is 33.7 Å². The minimum atomic E-state index is -0.126. The second-order valence-corrected chi connectivity index (χ2v) is 8.00. The molecule has 2 aliphatic rings. The van der Waals surface area contributed by atoms with Crippen molar-refractivity contribution in [3.8, 4) is 0 Å². The zero-order valence-electron chi connectivity index (χ0n) is 15.2. The highest BCUT2D eigenvalue weighted by Gasteiger charge is 2.18. The van der Waals surface area contributed by atoms with Crippen LogP contribution in [-0.4, -0.2) is 35.6 Å². The van der Waals surface area contributed by atoms with Gasteiger partial charge in [0.05, 0.1) is 11.4 Å². The standard InChI is InChI=1S/C21H23N3O2S/c25-20-14-27-19-8-7-15(11-18(19)23-20)21(26)22-12-16-5-1-2-6-17(16)13-24-9-3-4-10-24/h1-2,5-8,11H,3-4,9-10,12-14H2,(H,22,26)(H,23,25). The van der Waals surface area contributed by atoms with E-state index in [0.717, 1.165) is 35.8 Å². The van der Waals surface area contributed by atoms with E-state index in [1.165, 1.54) is 30.2 Å². The average Bonchev–Trinajstić information content (AvgIpc) is 3.19. The van der Waals surface area contributed by atoms with Crippen LogP contribution in [0.3, 0.4) is 0 Å².